The molecule has 3 aromatic carbocycles. The molecular formula is C21H16BrCl3N2O2. The largest absolute Gasteiger partial charge is 0.483 e. The number of hydrogen-bond acceptors (Lipinski definition) is 3. The number of rotatable bonds is 7. The summed E-state index contributed by atoms with van der Waals surface area (Å²) >= 11 is 21.3. The van der Waals surface area contributed by atoms with Crippen LogP contribution in [-0.4, -0.2) is 12.5 Å². The third-order valence-corrected chi connectivity index (χ3v) is 5.47. The van der Waals surface area contributed by atoms with Gasteiger partial charge in [-0.2, -0.15) is 0 Å². The van der Waals surface area contributed by atoms with Crippen LogP contribution in [0.4, 0.5) is 11.4 Å². The van der Waals surface area contributed by atoms with E-state index >= 15 is 0 Å². The Morgan fingerprint density at radius 1 is 0.931 bits per heavy atom. The second-order valence-electron chi connectivity index (χ2n) is 6.09. The van der Waals surface area contributed by atoms with Crippen molar-refractivity contribution in [2.45, 2.75) is 6.54 Å². The van der Waals surface area contributed by atoms with Gasteiger partial charge in [-0.25, -0.2) is 0 Å². The lowest BCUT2D eigenvalue weighted by atomic mass is 10.2. The molecule has 0 heterocycles. The minimum absolute atomic E-state index is 0.140. The molecule has 29 heavy (non-hydrogen) atoms. The topological polar surface area (TPSA) is 50.4 Å². The van der Waals surface area contributed by atoms with Crippen molar-refractivity contribution in [2.24, 2.45) is 0 Å². The van der Waals surface area contributed by atoms with Crippen LogP contribution in [0, 0.1) is 0 Å². The van der Waals surface area contributed by atoms with Crippen LogP contribution >= 0.6 is 50.7 Å². The second-order valence-corrected chi connectivity index (χ2v) is 8.20. The molecule has 2 N–H and O–H groups in total. The minimum atomic E-state index is -0.304. The van der Waals surface area contributed by atoms with Gasteiger partial charge in [0, 0.05) is 22.9 Å². The summed E-state index contributed by atoms with van der Waals surface area (Å²) in [5, 5.41) is 7.49. The highest BCUT2D eigenvalue weighted by Crippen LogP contribution is 2.27. The second kappa shape index (κ2) is 10.2. The van der Waals surface area contributed by atoms with E-state index in [9.17, 15) is 4.79 Å². The average molecular weight is 515 g/mol. The maximum absolute atomic E-state index is 12.1. The molecule has 0 unspecified atom stereocenters. The van der Waals surface area contributed by atoms with Gasteiger partial charge in [-0.1, -0.05) is 46.9 Å². The van der Waals surface area contributed by atoms with E-state index in [0.29, 0.717) is 33.0 Å². The van der Waals surface area contributed by atoms with Gasteiger partial charge in [0.2, 0.25) is 0 Å². The zero-order chi connectivity index (χ0) is 20.8. The molecule has 150 valence electrons. The Balaban J connectivity index is 1.53. The zero-order valence-electron chi connectivity index (χ0n) is 15.0. The van der Waals surface area contributed by atoms with Crippen molar-refractivity contribution in [1.29, 1.82) is 0 Å². The van der Waals surface area contributed by atoms with Crippen molar-refractivity contribution in [1.82, 2.24) is 0 Å². The van der Waals surface area contributed by atoms with E-state index < -0.39 is 0 Å². The SMILES string of the molecule is O=C(COc1ccc(CNc2cccc(Cl)c2)cc1Br)Nc1ccc(Cl)c(Cl)c1. The van der Waals surface area contributed by atoms with Crippen molar-refractivity contribution >= 4 is 68.0 Å². The number of carbonyl (C=O) groups excluding carboxylic acids is 1. The standard InChI is InChI=1S/C21H16BrCl3N2O2/c22-17-8-13(11-26-15-3-1-2-14(23)9-15)4-7-20(17)29-12-21(28)27-16-5-6-18(24)19(25)10-16/h1-10,26H,11-12H2,(H,27,28). The fourth-order valence-corrected chi connectivity index (χ4v) is 3.52. The highest BCUT2D eigenvalue weighted by atomic mass is 79.9. The lowest BCUT2D eigenvalue weighted by molar-refractivity contribution is -0.118. The number of hydrogen-bond donors (Lipinski definition) is 2. The Morgan fingerprint density at radius 3 is 2.48 bits per heavy atom. The summed E-state index contributed by atoms with van der Waals surface area (Å²) < 4.78 is 6.36. The molecule has 1 amide bonds. The average Bonchev–Trinajstić information content (AvgIpc) is 2.68. The molecular weight excluding hydrogens is 499 g/mol. The number of ether oxygens (including phenoxy) is 1. The Morgan fingerprint density at radius 2 is 1.76 bits per heavy atom. The first kappa shape index (κ1) is 21.8. The third kappa shape index (κ3) is 6.54. The lowest BCUT2D eigenvalue weighted by Crippen LogP contribution is -2.20. The molecule has 0 atom stereocenters. The molecule has 8 heteroatoms. The molecule has 3 rings (SSSR count). The zero-order valence-corrected chi connectivity index (χ0v) is 18.9. The molecule has 0 spiro atoms. The molecule has 0 bridgehead atoms. The van der Waals surface area contributed by atoms with Crippen LogP contribution < -0.4 is 15.4 Å². The number of carbonyl (C=O) groups is 1. The molecule has 0 saturated heterocycles. The first-order valence-corrected chi connectivity index (χ1v) is 10.5. The fraction of sp³-hybridized carbons (Fsp3) is 0.0952. The fourth-order valence-electron chi connectivity index (χ4n) is 2.49. The number of amides is 1. The quantitative estimate of drug-likeness (QED) is 0.356. The van der Waals surface area contributed by atoms with Gasteiger partial charge in [-0.05, 0) is 70.0 Å². The van der Waals surface area contributed by atoms with Crippen LogP contribution in [0.3, 0.4) is 0 Å². The van der Waals surface area contributed by atoms with Gasteiger partial charge in [0.15, 0.2) is 6.61 Å². The maximum atomic E-state index is 12.1. The van der Waals surface area contributed by atoms with Crippen molar-refractivity contribution in [3.05, 3.63) is 85.8 Å². The molecule has 0 fully saturated rings. The Hall–Kier alpha value is -1.92. The maximum Gasteiger partial charge on any atom is 0.262 e. The van der Waals surface area contributed by atoms with Crippen LogP contribution in [0.2, 0.25) is 15.1 Å². The van der Waals surface area contributed by atoms with Crippen molar-refractivity contribution in [2.75, 3.05) is 17.2 Å². The molecule has 0 saturated carbocycles. The van der Waals surface area contributed by atoms with E-state index in [-0.39, 0.29) is 12.5 Å². The van der Waals surface area contributed by atoms with Gasteiger partial charge in [-0.3, -0.25) is 4.79 Å². The third-order valence-electron chi connectivity index (χ3n) is 3.88. The van der Waals surface area contributed by atoms with Gasteiger partial charge in [-0.15, -0.1) is 0 Å². The Labute approximate surface area is 192 Å². The number of benzene rings is 3. The number of anilines is 2. The molecule has 0 radical (unpaired) electrons. The van der Waals surface area contributed by atoms with Crippen LogP contribution in [0.15, 0.2) is 65.1 Å². The predicted molar refractivity (Wildman–Crippen MR) is 124 cm³/mol. The Bertz CT molecular complexity index is 1030. The van der Waals surface area contributed by atoms with Crippen LogP contribution in [-0.2, 0) is 11.3 Å². The van der Waals surface area contributed by atoms with Gasteiger partial charge < -0.3 is 15.4 Å². The molecule has 0 aliphatic rings. The number of nitrogens with one attached hydrogen (secondary N) is 2. The van der Waals surface area contributed by atoms with Gasteiger partial charge in [0.1, 0.15) is 5.75 Å². The summed E-state index contributed by atoms with van der Waals surface area (Å²) in [5.74, 6) is 0.266. The normalized spacial score (nSPS) is 10.5. The van der Waals surface area contributed by atoms with E-state index in [2.05, 4.69) is 26.6 Å². The van der Waals surface area contributed by atoms with E-state index in [1.54, 1.807) is 18.2 Å². The van der Waals surface area contributed by atoms with Crippen molar-refractivity contribution in [3.63, 3.8) is 0 Å². The summed E-state index contributed by atoms with van der Waals surface area (Å²) in [5.41, 5.74) is 2.53. The first-order chi connectivity index (χ1) is 13.9. The van der Waals surface area contributed by atoms with E-state index in [1.165, 1.54) is 0 Å². The summed E-state index contributed by atoms with van der Waals surface area (Å²) in [6, 6.07) is 18.1. The van der Waals surface area contributed by atoms with Crippen LogP contribution in [0.25, 0.3) is 0 Å². The van der Waals surface area contributed by atoms with Crippen molar-refractivity contribution in [3.8, 4) is 5.75 Å². The number of halogens is 4. The smallest absolute Gasteiger partial charge is 0.262 e. The van der Waals surface area contributed by atoms with Crippen LogP contribution in [0.5, 0.6) is 5.75 Å². The Kier molecular flexibility index (Phi) is 7.67. The first-order valence-electron chi connectivity index (χ1n) is 8.56. The molecule has 4 nitrogen and oxygen atoms in total. The summed E-state index contributed by atoms with van der Waals surface area (Å²) in [4.78, 5) is 12.1. The van der Waals surface area contributed by atoms with Gasteiger partial charge in [0.05, 0.1) is 14.5 Å². The van der Waals surface area contributed by atoms with Gasteiger partial charge in [0.25, 0.3) is 5.91 Å². The lowest BCUT2D eigenvalue weighted by Gasteiger charge is -2.11. The summed E-state index contributed by atoms with van der Waals surface area (Å²) in [7, 11) is 0. The van der Waals surface area contributed by atoms with Gasteiger partial charge >= 0.3 is 0 Å². The molecule has 0 aliphatic heterocycles. The van der Waals surface area contributed by atoms with E-state index in [4.69, 9.17) is 39.5 Å². The molecule has 0 aromatic heterocycles. The monoisotopic (exact) mass is 512 g/mol. The highest BCUT2D eigenvalue weighted by molar-refractivity contribution is 9.10. The van der Waals surface area contributed by atoms with Crippen molar-refractivity contribution < 1.29 is 9.53 Å². The van der Waals surface area contributed by atoms with E-state index in [0.717, 1.165) is 15.7 Å². The molecule has 0 aliphatic carbocycles. The molecule has 3 aromatic rings. The minimum Gasteiger partial charge on any atom is -0.483 e. The van der Waals surface area contributed by atoms with E-state index in [1.807, 2.05) is 42.5 Å². The summed E-state index contributed by atoms with van der Waals surface area (Å²) in [6.07, 6.45) is 0. The highest BCUT2D eigenvalue weighted by Gasteiger charge is 2.08. The van der Waals surface area contributed by atoms with Crippen LogP contribution in [0.1, 0.15) is 5.56 Å². The predicted octanol–water partition coefficient (Wildman–Crippen LogP) is 7.04. The summed E-state index contributed by atoms with van der Waals surface area (Å²) in [6.45, 7) is 0.482.